The lowest BCUT2D eigenvalue weighted by atomic mass is 10.1. The summed E-state index contributed by atoms with van der Waals surface area (Å²) >= 11 is 0. The van der Waals surface area contributed by atoms with Crippen molar-refractivity contribution in [3.8, 4) is 0 Å². The van der Waals surface area contributed by atoms with Crippen molar-refractivity contribution in [3.63, 3.8) is 0 Å². The molecule has 1 N–H and O–H groups in total. The first-order valence-electron chi connectivity index (χ1n) is 8.22. The summed E-state index contributed by atoms with van der Waals surface area (Å²) in [5.74, 6) is 0.323. The van der Waals surface area contributed by atoms with Crippen molar-refractivity contribution in [2.75, 3.05) is 11.9 Å². The van der Waals surface area contributed by atoms with Gasteiger partial charge in [-0.25, -0.2) is 8.78 Å². The molecule has 4 nitrogen and oxygen atoms in total. The number of halogens is 2. The standard InChI is InChI=1S/C19H24F2N2O2/c1-5-17(25-19(2,3)4)23-10-9-15(12-16(23)24)22-14-8-6-7-13(11-14)18(20)21/h5-8,11-12,18,22H,9-10H2,1-4H3/b17-5+. The predicted molar refractivity (Wildman–Crippen MR) is 94.0 cm³/mol. The Balaban J connectivity index is 2.10. The van der Waals surface area contributed by atoms with Gasteiger partial charge in [-0.05, 0) is 45.9 Å². The lowest BCUT2D eigenvalue weighted by Crippen LogP contribution is -2.37. The third-order valence-electron chi connectivity index (χ3n) is 3.54. The van der Waals surface area contributed by atoms with E-state index in [0.29, 0.717) is 30.2 Å². The fraction of sp³-hybridized carbons (Fsp3) is 0.421. The second kappa shape index (κ2) is 7.68. The minimum absolute atomic E-state index is 0.0517. The van der Waals surface area contributed by atoms with Crippen LogP contribution in [0.15, 0.2) is 48.0 Å². The van der Waals surface area contributed by atoms with E-state index in [0.717, 1.165) is 0 Å². The third-order valence-corrected chi connectivity index (χ3v) is 3.54. The Morgan fingerprint density at radius 2 is 2.08 bits per heavy atom. The number of nitrogens with zero attached hydrogens (tertiary/aromatic N) is 1. The number of amides is 1. The highest BCUT2D eigenvalue weighted by atomic mass is 19.3. The van der Waals surface area contributed by atoms with E-state index in [1.165, 1.54) is 18.2 Å². The molecular formula is C19H24F2N2O2. The second-order valence-corrected chi connectivity index (χ2v) is 6.80. The zero-order valence-electron chi connectivity index (χ0n) is 15.0. The van der Waals surface area contributed by atoms with E-state index in [2.05, 4.69) is 5.32 Å². The largest absolute Gasteiger partial charge is 0.473 e. The lowest BCUT2D eigenvalue weighted by molar-refractivity contribution is -0.129. The van der Waals surface area contributed by atoms with Crippen LogP contribution in [-0.2, 0) is 9.53 Å². The van der Waals surface area contributed by atoms with Crippen LogP contribution in [0.2, 0.25) is 0 Å². The van der Waals surface area contributed by atoms with Crippen molar-refractivity contribution in [1.29, 1.82) is 0 Å². The Morgan fingerprint density at radius 3 is 2.64 bits per heavy atom. The van der Waals surface area contributed by atoms with Crippen molar-refractivity contribution in [3.05, 3.63) is 53.6 Å². The van der Waals surface area contributed by atoms with Gasteiger partial charge in [0.25, 0.3) is 12.3 Å². The molecule has 0 atom stereocenters. The molecular weight excluding hydrogens is 326 g/mol. The Kier molecular flexibility index (Phi) is 5.82. The average molecular weight is 350 g/mol. The molecule has 0 aliphatic carbocycles. The number of hydrogen-bond acceptors (Lipinski definition) is 3. The van der Waals surface area contributed by atoms with Gasteiger partial charge >= 0.3 is 0 Å². The maximum absolute atomic E-state index is 12.8. The topological polar surface area (TPSA) is 41.6 Å². The number of anilines is 1. The highest BCUT2D eigenvalue weighted by Gasteiger charge is 2.25. The average Bonchev–Trinajstić information content (AvgIpc) is 2.52. The number of allylic oxidation sites excluding steroid dienone is 1. The predicted octanol–water partition coefficient (Wildman–Crippen LogP) is 4.83. The Bertz CT molecular complexity index is 691. The number of ether oxygens (including phenoxy) is 1. The van der Waals surface area contributed by atoms with Gasteiger partial charge in [-0.15, -0.1) is 0 Å². The molecule has 136 valence electrons. The van der Waals surface area contributed by atoms with Gasteiger partial charge in [0.05, 0.1) is 0 Å². The van der Waals surface area contributed by atoms with E-state index >= 15 is 0 Å². The maximum atomic E-state index is 12.8. The first kappa shape index (κ1) is 19.0. The van der Waals surface area contributed by atoms with E-state index in [4.69, 9.17) is 4.74 Å². The van der Waals surface area contributed by atoms with Crippen molar-refractivity contribution in [1.82, 2.24) is 4.90 Å². The van der Waals surface area contributed by atoms with Gasteiger partial charge in [-0.1, -0.05) is 12.1 Å². The summed E-state index contributed by atoms with van der Waals surface area (Å²) in [4.78, 5) is 14.0. The molecule has 2 rings (SSSR count). The zero-order valence-corrected chi connectivity index (χ0v) is 15.0. The Hall–Kier alpha value is -2.37. The molecule has 0 saturated carbocycles. The summed E-state index contributed by atoms with van der Waals surface area (Å²) in [7, 11) is 0. The normalized spacial score (nSPS) is 16.1. The van der Waals surface area contributed by atoms with E-state index in [1.807, 2.05) is 27.7 Å². The van der Waals surface area contributed by atoms with Crippen LogP contribution in [0.1, 0.15) is 46.1 Å². The lowest BCUT2D eigenvalue weighted by Gasteiger charge is -2.32. The van der Waals surface area contributed by atoms with E-state index in [-0.39, 0.29) is 11.5 Å². The minimum atomic E-state index is -2.52. The molecule has 1 aliphatic heterocycles. The number of carbonyl (C=O) groups is 1. The van der Waals surface area contributed by atoms with E-state index in [9.17, 15) is 13.6 Å². The van der Waals surface area contributed by atoms with Gasteiger partial charge in [-0.2, -0.15) is 0 Å². The molecule has 0 bridgehead atoms. The van der Waals surface area contributed by atoms with Crippen molar-refractivity contribution in [2.45, 2.75) is 46.1 Å². The summed E-state index contributed by atoms with van der Waals surface area (Å²) in [5.41, 5.74) is 0.783. The molecule has 0 radical (unpaired) electrons. The van der Waals surface area contributed by atoms with E-state index in [1.54, 1.807) is 23.1 Å². The van der Waals surface area contributed by atoms with Crippen LogP contribution < -0.4 is 5.32 Å². The van der Waals surface area contributed by atoms with Gasteiger partial charge in [0.15, 0.2) is 5.88 Å². The van der Waals surface area contributed by atoms with Crippen LogP contribution in [0.5, 0.6) is 0 Å². The van der Waals surface area contributed by atoms with Gasteiger partial charge < -0.3 is 10.1 Å². The quantitative estimate of drug-likeness (QED) is 0.774. The number of benzene rings is 1. The molecule has 0 spiro atoms. The van der Waals surface area contributed by atoms with E-state index < -0.39 is 12.0 Å². The van der Waals surface area contributed by atoms with Crippen molar-refractivity contribution in [2.24, 2.45) is 0 Å². The number of alkyl halides is 2. The molecule has 1 heterocycles. The first-order chi connectivity index (χ1) is 11.7. The Labute approximate surface area is 147 Å². The molecule has 1 amide bonds. The van der Waals surface area contributed by atoms with Crippen LogP contribution in [0, 0.1) is 0 Å². The van der Waals surface area contributed by atoms with Crippen LogP contribution in [0.3, 0.4) is 0 Å². The van der Waals surface area contributed by atoms with Crippen LogP contribution >= 0.6 is 0 Å². The monoisotopic (exact) mass is 350 g/mol. The van der Waals surface area contributed by atoms with Crippen LogP contribution in [0.25, 0.3) is 0 Å². The Morgan fingerprint density at radius 1 is 1.36 bits per heavy atom. The highest BCUT2D eigenvalue weighted by molar-refractivity contribution is 5.91. The summed E-state index contributed by atoms with van der Waals surface area (Å²) < 4.78 is 31.4. The molecule has 1 aliphatic rings. The number of hydrogen-bond donors (Lipinski definition) is 1. The fourth-order valence-corrected chi connectivity index (χ4v) is 2.48. The highest BCUT2D eigenvalue weighted by Crippen LogP contribution is 2.25. The fourth-order valence-electron chi connectivity index (χ4n) is 2.48. The summed E-state index contributed by atoms with van der Waals surface area (Å²) in [5, 5.41) is 3.05. The molecule has 0 unspecified atom stereocenters. The number of rotatable bonds is 5. The molecule has 0 saturated heterocycles. The molecule has 25 heavy (non-hydrogen) atoms. The van der Waals surface area contributed by atoms with Gasteiger partial charge in [-0.3, -0.25) is 9.69 Å². The summed E-state index contributed by atoms with van der Waals surface area (Å²) in [6.45, 7) is 8.04. The zero-order chi connectivity index (χ0) is 18.6. The van der Waals surface area contributed by atoms with Crippen molar-refractivity contribution < 1.29 is 18.3 Å². The molecule has 6 heteroatoms. The van der Waals surface area contributed by atoms with Crippen molar-refractivity contribution >= 4 is 11.6 Å². The number of nitrogens with one attached hydrogen (secondary N) is 1. The molecule has 1 aromatic rings. The molecule has 1 aromatic carbocycles. The second-order valence-electron chi connectivity index (χ2n) is 6.80. The van der Waals surface area contributed by atoms with Gasteiger partial charge in [0.2, 0.25) is 0 Å². The smallest absolute Gasteiger partial charge is 0.263 e. The third kappa shape index (κ3) is 5.31. The SMILES string of the molecule is C/C=C(/OC(C)(C)C)N1CCC(Nc2cccc(C(F)F)c2)=CC1=O. The van der Waals surface area contributed by atoms with Crippen LogP contribution in [-0.4, -0.2) is 23.0 Å². The maximum Gasteiger partial charge on any atom is 0.263 e. The molecule has 0 fully saturated rings. The molecule has 0 aromatic heterocycles. The number of carbonyl (C=O) groups excluding carboxylic acids is 1. The van der Waals surface area contributed by atoms with Gasteiger partial charge in [0.1, 0.15) is 5.60 Å². The van der Waals surface area contributed by atoms with Gasteiger partial charge in [0, 0.05) is 36.0 Å². The first-order valence-corrected chi connectivity index (χ1v) is 8.22. The van der Waals surface area contributed by atoms with Crippen LogP contribution in [0.4, 0.5) is 14.5 Å². The summed E-state index contributed by atoms with van der Waals surface area (Å²) in [6.07, 6.45) is 1.30. The minimum Gasteiger partial charge on any atom is -0.473 e. The summed E-state index contributed by atoms with van der Waals surface area (Å²) in [6, 6.07) is 6.03.